The Morgan fingerprint density at radius 3 is 2.38 bits per heavy atom. The first-order valence-electron chi connectivity index (χ1n) is 8.41. The van der Waals surface area contributed by atoms with Crippen molar-refractivity contribution in [2.75, 3.05) is 5.88 Å². The molecule has 0 aliphatic heterocycles. The van der Waals surface area contributed by atoms with Crippen LogP contribution in [0.25, 0.3) is 0 Å². The summed E-state index contributed by atoms with van der Waals surface area (Å²) in [6.45, 7) is 5.49. The number of carboxylic acid groups (broad SMARTS) is 1. The number of carboxylic acids is 1. The van der Waals surface area contributed by atoms with Crippen molar-refractivity contribution in [1.29, 1.82) is 0 Å². The van der Waals surface area contributed by atoms with E-state index in [0.29, 0.717) is 13.0 Å². The molecule has 0 aliphatic rings. The average Bonchev–Trinajstić information content (AvgIpc) is 2.55. The van der Waals surface area contributed by atoms with Gasteiger partial charge in [-0.25, -0.2) is 9.59 Å². The van der Waals surface area contributed by atoms with Gasteiger partial charge in [0, 0.05) is 11.9 Å². The van der Waals surface area contributed by atoms with Gasteiger partial charge in [0.1, 0.15) is 11.6 Å². The molecule has 0 spiro atoms. The number of nitrogens with one attached hydrogen (secondary N) is 2. The molecule has 0 bridgehead atoms. The number of halogens is 1. The molecule has 1 amide bonds. The van der Waals surface area contributed by atoms with Gasteiger partial charge in [-0.05, 0) is 39.2 Å². The molecule has 0 fully saturated rings. The molecule has 0 radical (unpaired) electrons. The van der Waals surface area contributed by atoms with Crippen LogP contribution < -0.4 is 10.8 Å². The van der Waals surface area contributed by atoms with Gasteiger partial charge in [0.25, 0.3) is 0 Å². The Kier molecular flexibility index (Phi) is 9.40. The molecule has 1 aromatic carbocycles. The lowest BCUT2D eigenvalue weighted by Crippen LogP contribution is -2.44. The number of ether oxygens (including phenoxy) is 1. The lowest BCUT2D eigenvalue weighted by Gasteiger charge is -2.23. The van der Waals surface area contributed by atoms with Crippen molar-refractivity contribution in [2.45, 2.75) is 57.9 Å². The van der Waals surface area contributed by atoms with E-state index in [-0.39, 0.29) is 18.3 Å². The highest BCUT2D eigenvalue weighted by atomic mass is 35.5. The molecule has 0 saturated heterocycles. The van der Waals surface area contributed by atoms with Crippen molar-refractivity contribution < 1.29 is 24.3 Å². The van der Waals surface area contributed by atoms with Crippen LogP contribution in [-0.4, -0.2) is 40.7 Å². The summed E-state index contributed by atoms with van der Waals surface area (Å²) in [5.41, 5.74) is 3.14. The number of carbonyl (C=O) groups is 2. The maximum atomic E-state index is 11.8. The highest BCUT2D eigenvalue weighted by Crippen LogP contribution is 2.09. The van der Waals surface area contributed by atoms with Crippen LogP contribution in [-0.2, 0) is 21.0 Å². The molecule has 0 aromatic heterocycles. The van der Waals surface area contributed by atoms with Crippen molar-refractivity contribution in [1.82, 2.24) is 10.8 Å². The molecule has 8 heteroatoms. The van der Waals surface area contributed by atoms with E-state index >= 15 is 0 Å². The van der Waals surface area contributed by atoms with Crippen LogP contribution in [0.1, 0.15) is 39.2 Å². The summed E-state index contributed by atoms with van der Waals surface area (Å²) in [6, 6.07) is 8.30. The van der Waals surface area contributed by atoms with Gasteiger partial charge in [0.15, 0.2) is 0 Å². The number of hydrogen-bond acceptors (Lipinski definition) is 5. The summed E-state index contributed by atoms with van der Waals surface area (Å²) in [5.74, 6) is -0.887. The Morgan fingerprint density at radius 2 is 1.85 bits per heavy atom. The molecule has 146 valence electrons. The molecule has 0 aliphatic carbocycles. The predicted molar refractivity (Wildman–Crippen MR) is 98.9 cm³/mol. The third-order valence-corrected chi connectivity index (χ3v) is 3.68. The molecule has 2 unspecified atom stereocenters. The fourth-order valence-electron chi connectivity index (χ4n) is 2.06. The minimum atomic E-state index is -1.13. The van der Waals surface area contributed by atoms with Crippen LogP contribution in [0.15, 0.2) is 30.3 Å². The van der Waals surface area contributed by atoms with E-state index in [1.807, 2.05) is 30.3 Å². The number of hydrogen-bond donors (Lipinski definition) is 3. The van der Waals surface area contributed by atoms with Gasteiger partial charge in [-0.15, -0.1) is 11.6 Å². The van der Waals surface area contributed by atoms with Crippen molar-refractivity contribution in [3.63, 3.8) is 0 Å². The van der Waals surface area contributed by atoms with Gasteiger partial charge in [-0.2, -0.15) is 5.48 Å². The van der Waals surface area contributed by atoms with Gasteiger partial charge in [-0.3, -0.25) is 4.84 Å². The molecule has 7 nitrogen and oxygen atoms in total. The van der Waals surface area contributed by atoms with Crippen LogP contribution >= 0.6 is 11.6 Å². The van der Waals surface area contributed by atoms with E-state index in [4.69, 9.17) is 21.2 Å². The molecule has 2 atom stereocenters. The lowest BCUT2D eigenvalue weighted by molar-refractivity contribution is -0.139. The monoisotopic (exact) mass is 386 g/mol. The number of alkyl carbamates (subject to hydrolysis) is 1. The van der Waals surface area contributed by atoms with Crippen molar-refractivity contribution in [3.05, 3.63) is 35.9 Å². The highest BCUT2D eigenvalue weighted by Gasteiger charge is 2.24. The smallest absolute Gasteiger partial charge is 0.408 e. The lowest BCUT2D eigenvalue weighted by atomic mass is 10.1. The number of amides is 1. The second-order valence-corrected chi connectivity index (χ2v) is 7.17. The van der Waals surface area contributed by atoms with E-state index in [1.54, 1.807) is 20.8 Å². The standard InChI is InChI=1S/C18H27ClN2O5/c1-18(2,3)26-17(24)20-15(16(22)23)10-9-14(11-19)21-25-12-13-7-5-4-6-8-13/h4-8,14-15,21H,9-12H2,1-3H3,(H,20,24)(H,22,23). The van der Waals surface area contributed by atoms with E-state index < -0.39 is 23.7 Å². The molecule has 26 heavy (non-hydrogen) atoms. The molecular formula is C18H27ClN2O5. The highest BCUT2D eigenvalue weighted by molar-refractivity contribution is 6.18. The van der Waals surface area contributed by atoms with E-state index in [0.717, 1.165) is 5.56 Å². The predicted octanol–water partition coefficient (Wildman–Crippen LogP) is 3.07. The molecule has 0 heterocycles. The summed E-state index contributed by atoms with van der Waals surface area (Å²) >= 11 is 5.90. The first-order chi connectivity index (χ1) is 12.2. The van der Waals surface area contributed by atoms with Crippen LogP contribution in [0.4, 0.5) is 4.79 Å². The van der Waals surface area contributed by atoms with Crippen LogP contribution in [0.2, 0.25) is 0 Å². The fraction of sp³-hybridized carbons (Fsp3) is 0.556. The first kappa shape index (κ1) is 22.2. The van der Waals surface area contributed by atoms with Crippen molar-refractivity contribution >= 4 is 23.7 Å². The maximum Gasteiger partial charge on any atom is 0.408 e. The average molecular weight is 387 g/mol. The van der Waals surface area contributed by atoms with E-state index in [2.05, 4.69) is 10.8 Å². The molecule has 1 aromatic rings. The topological polar surface area (TPSA) is 96.9 Å². The normalized spacial score (nSPS) is 13.7. The molecule has 1 rings (SSSR count). The Bertz CT molecular complexity index is 562. The zero-order chi connectivity index (χ0) is 19.6. The summed E-state index contributed by atoms with van der Waals surface area (Å²) in [6.07, 6.45) is -0.167. The number of rotatable bonds is 10. The Morgan fingerprint density at radius 1 is 1.19 bits per heavy atom. The van der Waals surface area contributed by atoms with Crippen molar-refractivity contribution in [3.8, 4) is 0 Å². The van der Waals surface area contributed by atoms with Crippen LogP contribution in [0, 0.1) is 0 Å². The molecule has 3 N–H and O–H groups in total. The molecular weight excluding hydrogens is 360 g/mol. The van der Waals surface area contributed by atoms with E-state index in [9.17, 15) is 14.7 Å². The first-order valence-corrected chi connectivity index (χ1v) is 8.94. The molecule has 0 saturated carbocycles. The summed E-state index contributed by atoms with van der Waals surface area (Å²) in [4.78, 5) is 28.5. The number of aliphatic carboxylic acids is 1. The SMILES string of the molecule is CC(C)(C)OC(=O)NC(CCC(CCl)NOCc1ccccc1)C(=O)O. The van der Waals surface area contributed by atoms with Gasteiger partial charge in [0.05, 0.1) is 6.61 Å². The second-order valence-electron chi connectivity index (χ2n) is 6.86. The number of alkyl halides is 1. The number of hydroxylamine groups is 1. The number of carbonyl (C=O) groups excluding carboxylic acids is 1. The summed E-state index contributed by atoms with van der Waals surface area (Å²) < 4.78 is 5.09. The van der Waals surface area contributed by atoms with Crippen molar-refractivity contribution in [2.24, 2.45) is 0 Å². The van der Waals surface area contributed by atoms with Gasteiger partial charge in [0.2, 0.25) is 0 Å². The van der Waals surface area contributed by atoms with Crippen LogP contribution in [0.3, 0.4) is 0 Å². The van der Waals surface area contributed by atoms with Gasteiger partial charge in [-0.1, -0.05) is 30.3 Å². The minimum Gasteiger partial charge on any atom is -0.480 e. The van der Waals surface area contributed by atoms with Gasteiger partial charge >= 0.3 is 12.1 Å². The maximum absolute atomic E-state index is 11.8. The Balaban J connectivity index is 2.42. The second kappa shape index (κ2) is 11.0. The Hall–Kier alpha value is -1.83. The Labute approximate surface area is 159 Å². The number of benzene rings is 1. The zero-order valence-electron chi connectivity index (χ0n) is 15.3. The fourth-order valence-corrected chi connectivity index (χ4v) is 2.28. The van der Waals surface area contributed by atoms with E-state index in [1.165, 1.54) is 0 Å². The third-order valence-electron chi connectivity index (χ3n) is 3.31. The minimum absolute atomic E-state index is 0.188. The third kappa shape index (κ3) is 9.60. The van der Waals surface area contributed by atoms with Crippen LogP contribution in [0.5, 0.6) is 0 Å². The summed E-state index contributed by atoms with van der Waals surface area (Å²) in [7, 11) is 0. The zero-order valence-corrected chi connectivity index (χ0v) is 16.1. The van der Waals surface area contributed by atoms with Gasteiger partial charge < -0.3 is 15.2 Å². The largest absolute Gasteiger partial charge is 0.480 e. The summed E-state index contributed by atoms with van der Waals surface area (Å²) in [5, 5.41) is 11.6. The quantitative estimate of drug-likeness (QED) is 0.422.